The summed E-state index contributed by atoms with van der Waals surface area (Å²) in [4.78, 5) is 11.1. The van der Waals surface area contributed by atoms with Gasteiger partial charge in [-0.2, -0.15) is 0 Å². The highest BCUT2D eigenvalue weighted by Crippen LogP contribution is 1.96. The Hall–Kier alpha value is -1.09. The number of aliphatic hydroxyl groups excluding tert-OH is 1. The van der Waals surface area contributed by atoms with E-state index in [1.807, 2.05) is 0 Å². The van der Waals surface area contributed by atoms with Crippen LogP contribution in [-0.2, 0) is 0 Å². The minimum atomic E-state index is 0.0315. The lowest BCUT2D eigenvalue weighted by molar-refractivity contribution is 0.0891. The van der Waals surface area contributed by atoms with Gasteiger partial charge >= 0.3 is 0 Å². The zero-order chi connectivity index (χ0) is 8.10. The Morgan fingerprint density at radius 1 is 1.36 bits per heavy atom. The molecule has 0 spiro atoms. The zero-order valence-electron chi connectivity index (χ0n) is 6.23. The van der Waals surface area contributed by atoms with Gasteiger partial charge in [0.15, 0.2) is 0 Å². The molecule has 0 fully saturated rings. The van der Waals surface area contributed by atoms with Gasteiger partial charge in [-0.3, -0.25) is 9.36 Å². The van der Waals surface area contributed by atoms with E-state index in [0.29, 0.717) is 12.8 Å². The number of aliphatic hydroxyl groups is 1. The van der Waals surface area contributed by atoms with Gasteiger partial charge in [0.05, 0.1) is 0 Å². The molecule has 0 aliphatic heterocycles. The molecule has 1 aromatic heterocycles. The van der Waals surface area contributed by atoms with Crippen molar-refractivity contribution < 1.29 is 9.90 Å². The number of aromatic nitrogens is 1. The van der Waals surface area contributed by atoms with Crippen molar-refractivity contribution >= 4 is 5.91 Å². The van der Waals surface area contributed by atoms with Gasteiger partial charge in [-0.15, -0.1) is 0 Å². The highest BCUT2D eigenvalue weighted by atomic mass is 16.3. The topological polar surface area (TPSA) is 42.2 Å². The lowest BCUT2D eigenvalue weighted by Gasteiger charge is -1.98. The molecule has 1 heterocycles. The molecule has 0 aromatic carbocycles. The third-order valence-electron chi connectivity index (χ3n) is 1.44. The molecule has 0 radical (unpaired) electrons. The van der Waals surface area contributed by atoms with Crippen LogP contribution in [0.15, 0.2) is 24.5 Å². The molecule has 0 aliphatic rings. The molecule has 3 nitrogen and oxygen atoms in total. The third kappa shape index (κ3) is 2.20. The number of carbonyl (C=O) groups excluding carboxylic acids is 1. The summed E-state index contributed by atoms with van der Waals surface area (Å²) in [5.74, 6) is 0.0315. The average molecular weight is 153 g/mol. The van der Waals surface area contributed by atoms with Gasteiger partial charge in [0.1, 0.15) is 0 Å². The van der Waals surface area contributed by atoms with Crippen LogP contribution < -0.4 is 0 Å². The van der Waals surface area contributed by atoms with E-state index in [-0.39, 0.29) is 12.5 Å². The Labute approximate surface area is 65.3 Å². The molecule has 0 aliphatic carbocycles. The maximum absolute atomic E-state index is 11.1. The number of nitrogens with zero attached hydrogens (tertiary/aromatic N) is 1. The fraction of sp³-hybridized carbons (Fsp3) is 0.375. The highest BCUT2D eigenvalue weighted by Gasteiger charge is 2.00. The van der Waals surface area contributed by atoms with Gasteiger partial charge in [-0.05, 0) is 18.6 Å². The fourth-order valence-corrected chi connectivity index (χ4v) is 0.860. The summed E-state index contributed by atoms with van der Waals surface area (Å²) < 4.78 is 1.52. The van der Waals surface area contributed by atoms with Gasteiger partial charge in [0.25, 0.3) is 0 Å². The second kappa shape index (κ2) is 3.93. The van der Waals surface area contributed by atoms with Crippen molar-refractivity contribution in [2.75, 3.05) is 6.61 Å². The van der Waals surface area contributed by atoms with Crippen molar-refractivity contribution in [3.8, 4) is 0 Å². The number of hydrogen-bond acceptors (Lipinski definition) is 2. The molecule has 3 heteroatoms. The van der Waals surface area contributed by atoms with Crippen molar-refractivity contribution in [2.45, 2.75) is 12.8 Å². The Balaban J connectivity index is 2.43. The standard InChI is InChI=1S/C8H11NO2/c10-7-3-4-8(11)9-5-1-2-6-9/h1-2,5-6,10H,3-4,7H2. The summed E-state index contributed by atoms with van der Waals surface area (Å²) in [5.41, 5.74) is 0. The van der Waals surface area contributed by atoms with Crippen molar-refractivity contribution in [3.05, 3.63) is 24.5 Å². The van der Waals surface area contributed by atoms with Gasteiger partial charge < -0.3 is 5.11 Å². The minimum absolute atomic E-state index is 0.0315. The van der Waals surface area contributed by atoms with E-state index in [0.717, 1.165) is 0 Å². The number of rotatable bonds is 3. The van der Waals surface area contributed by atoms with Crippen LogP contribution in [0.3, 0.4) is 0 Å². The van der Waals surface area contributed by atoms with E-state index >= 15 is 0 Å². The van der Waals surface area contributed by atoms with Crippen molar-refractivity contribution in [1.29, 1.82) is 0 Å². The van der Waals surface area contributed by atoms with E-state index < -0.39 is 0 Å². The van der Waals surface area contributed by atoms with Crippen LogP contribution in [0.1, 0.15) is 17.6 Å². The van der Waals surface area contributed by atoms with Gasteiger partial charge in [0, 0.05) is 25.4 Å². The first-order chi connectivity index (χ1) is 5.34. The average Bonchev–Trinajstić information content (AvgIpc) is 2.52. The first-order valence-electron chi connectivity index (χ1n) is 3.61. The fourth-order valence-electron chi connectivity index (χ4n) is 0.860. The Kier molecular flexibility index (Phi) is 2.86. The molecule has 60 valence electrons. The van der Waals surface area contributed by atoms with Crippen LogP contribution in [-0.4, -0.2) is 22.2 Å². The van der Waals surface area contributed by atoms with Crippen LogP contribution in [0.2, 0.25) is 0 Å². The van der Waals surface area contributed by atoms with E-state index in [1.165, 1.54) is 4.57 Å². The molecule has 0 unspecified atom stereocenters. The second-order valence-electron chi connectivity index (χ2n) is 2.31. The van der Waals surface area contributed by atoms with E-state index in [4.69, 9.17) is 5.11 Å². The van der Waals surface area contributed by atoms with Gasteiger partial charge in [-0.1, -0.05) is 0 Å². The second-order valence-corrected chi connectivity index (χ2v) is 2.31. The third-order valence-corrected chi connectivity index (χ3v) is 1.44. The molecule has 0 saturated carbocycles. The lowest BCUT2D eigenvalue weighted by atomic mass is 10.3. The summed E-state index contributed by atoms with van der Waals surface area (Å²) >= 11 is 0. The Bertz CT molecular complexity index is 216. The maximum atomic E-state index is 11.1. The molecular weight excluding hydrogens is 142 g/mol. The number of carbonyl (C=O) groups is 1. The molecule has 1 rings (SSSR count). The monoisotopic (exact) mass is 153 g/mol. The zero-order valence-corrected chi connectivity index (χ0v) is 6.23. The SMILES string of the molecule is O=C(CCCO)n1cccc1. The highest BCUT2D eigenvalue weighted by molar-refractivity contribution is 5.78. The summed E-state index contributed by atoms with van der Waals surface area (Å²) in [5, 5.41) is 8.45. The molecule has 0 bridgehead atoms. The molecule has 1 aromatic rings. The normalized spacial score (nSPS) is 9.91. The van der Waals surface area contributed by atoms with E-state index in [9.17, 15) is 4.79 Å². The molecule has 11 heavy (non-hydrogen) atoms. The summed E-state index contributed by atoms with van der Waals surface area (Å²) in [6, 6.07) is 3.60. The number of hydrogen-bond donors (Lipinski definition) is 1. The quantitative estimate of drug-likeness (QED) is 0.701. The largest absolute Gasteiger partial charge is 0.396 e. The van der Waals surface area contributed by atoms with Crippen LogP contribution in [0.4, 0.5) is 0 Å². The first kappa shape index (κ1) is 8.01. The van der Waals surface area contributed by atoms with Crippen LogP contribution in [0, 0.1) is 0 Å². The van der Waals surface area contributed by atoms with E-state index in [2.05, 4.69) is 0 Å². The van der Waals surface area contributed by atoms with Gasteiger partial charge in [0.2, 0.25) is 5.91 Å². The molecular formula is C8H11NO2. The minimum Gasteiger partial charge on any atom is -0.396 e. The smallest absolute Gasteiger partial charge is 0.230 e. The van der Waals surface area contributed by atoms with Crippen LogP contribution in [0.25, 0.3) is 0 Å². The Morgan fingerprint density at radius 3 is 2.55 bits per heavy atom. The Morgan fingerprint density at radius 2 is 2.00 bits per heavy atom. The molecule has 0 atom stereocenters. The van der Waals surface area contributed by atoms with Crippen LogP contribution >= 0.6 is 0 Å². The van der Waals surface area contributed by atoms with Gasteiger partial charge in [-0.25, -0.2) is 0 Å². The maximum Gasteiger partial charge on any atom is 0.230 e. The van der Waals surface area contributed by atoms with Crippen LogP contribution in [0.5, 0.6) is 0 Å². The summed E-state index contributed by atoms with van der Waals surface area (Å²) in [6.07, 6.45) is 4.36. The summed E-state index contributed by atoms with van der Waals surface area (Å²) in [7, 11) is 0. The van der Waals surface area contributed by atoms with Crippen molar-refractivity contribution in [2.24, 2.45) is 0 Å². The summed E-state index contributed by atoms with van der Waals surface area (Å²) in [6.45, 7) is 0.0764. The van der Waals surface area contributed by atoms with E-state index in [1.54, 1.807) is 24.5 Å². The van der Waals surface area contributed by atoms with Crippen molar-refractivity contribution in [3.63, 3.8) is 0 Å². The lowest BCUT2D eigenvalue weighted by Crippen LogP contribution is -2.07. The predicted molar refractivity (Wildman–Crippen MR) is 41.4 cm³/mol. The molecule has 0 amide bonds. The molecule has 0 saturated heterocycles. The predicted octanol–water partition coefficient (Wildman–Crippen LogP) is 0.901. The van der Waals surface area contributed by atoms with Crippen molar-refractivity contribution in [1.82, 2.24) is 4.57 Å². The first-order valence-corrected chi connectivity index (χ1v) is 3.61. The molecule has 1 N–H and O–H groups in total.